The second-order valence-corrected chi connectivity index (χ2v) is 8.03. The molecule has 0 saturated carbocycles. The van der Waals surface area contributed by atoms with E-state index in [1.807, 2.05) is 12.1 Å². The number of nitrogens with two attached hydrogens (primary N) is 1. The van der Waals surface area contributed by atoms with Crippen LogP contribution >= 0.6 is 0 Å². The highest BCUT2D eigenvalue weighted by Crippen LogP contribution is 2.26. The quantitative estimate of drug-likeness (QED) is 0.404. The lowest BCUT2D eigenvalue weighted by Gasteiger charge is -2.28. The van der Waals surface area contributed by atoms with Gasteiger partial charge in [0.15, 0.2) is 17.0 Å². The number of morpholine rings is 1. The maximum atomic E-state index is 12.6. The predicted molar refractivity (Wildman–Crippen MR) is 134 cm³/mol. The second-order valence-electron chi connectivity index (χ2n) is 8.03. The van der Waals surface area contributed by atoms with E-state index in [2.05, 4.69) is 29.9 Å². The molecule has 1 aliphatic rings. The predicted octanol–water partition coefficient (Wildman–Crippen LogP) is 2.54. The molecule has 2 aromatic carbocycles. The highest BCUT2D eigenvalue weighted by molar-refractivity contribution is 6.05. The molecule has 4 aromatic rings. The maximum Gasteiger partial charge on any atom is 0.337 e. The van der Waals surface area contributed by atoms with Crippen molar-refractivity contribution in [2.75, 3.05) is 49.4 Å². The average Bonchev–Trinajstić information content (AvgIpc) is 2.93. The van der Waals surface area contributed by atoms with Gasteiger partial charge in [0.2, 0.25) is 5.95 Å². The van der Waals surface area contributed by atoms with Gasteiger partial charge < -0.3 is 25.4 Å². The summed E-state index contributed by atoms with van der Waals surface area (Å²) in [6.07, 6.45) is 1.63. The summed E-state index contributed by atoms with van der Waals surface area (Å²) < 4.78 is 10.1. The van der Waals surface area contributed by atoms with E-state index in [1.165, 1.54) is 7.11 Å². The number of hydrogen-bond acceptors (Lipinski definition) is 10. The number of ether oxygens (including phenoxy) is 2. The number of carbonyl (C=O) groups excluding carboxylic acids is 2. The molecular formula is C25H23N7O4. The van der Waals surface area contributed by atoms with Crippen LogP contribution < -0.4 is 16.0 Å². The van der Waals surface area contributed by atoms with Crippen LogP contribution in [0.5, 0.6) is 0 Å². The number of nitrogens with zero attached hydrogens (tertiary/aromatic N) is 5. The lowest BCUT2D eigenvalue weighted by atomic mass is 10.1. The van der Waals surface area contributed by atoms with E-state index in [4.69, 9.17) is 15.5 Å². The SMILES string of the molecule is COC(=O)c1ccc(C(=O)Nc2ccc(-c3cnc4nc(N)nc(N5CCOCC5)c4n3)cc2)cc1. The Balaban J connectivity index is 1.36. The molecule has 0 atom stereocenters. The number of esters is 1. The molecule has 1 saturated heterocycles. The van der Waals surface area contributed by atoms with Crippen LogP contribution in [-0.4, -0.2) is 65.2 Å². The van der Waals surface area contributed by atoms with E-state index in [0.29, 0.717) is 65.8 Å². The smallest absolute Gasteiger partial charge is 0.337 e. The Morgan fingerprint density at radius 1 is 0.972 bits per heavy atom. The number of benzene rings is 2. The number of fused-ring (bicyclic) bond motifs is 1. The van der Waals surface area contributed by atoms with Crippen molar-refractivity contribution in [1.82, 2.24) is 19.9 Å². The van der Waals surface area contributed by atoms with Gasteiger partial charge in [-0.25, -0.2) is 14.8 Å². The zero-order valence-corrected chi connectivity index (χ0v) is 19.5. The van der Waals surface area contributed by atoms with E-state index in [9.17, 15) is 9.59 Å². The number of rotatable bonds is 5. The van der Waals surface area contributed by atoms with Crippen molar-refractivity contribution >= 4 is 40.5 Å². The van der Waals surface area contributed by atoms with Gasteiger partial charge in [0.05, 0.1) is 37.8 Å². The Morgan fingerprint density at radius 2 is 1.67 bits per heavy atom. The first-order valence-electron chi connectivity index (χ1n) is 11.2. The first kappa shape index (κ1) is 23.1. The van der Waals surface area contributed by atoms with E-state index < -0.39 is 5.97 Å². The van der Waals surface area contributed by atoms with Gasteiger partial charge in [-0.2, -0.15) is 9.97 Å². The zero-order chi connectivity index (χ0) is 25.1. The molecule has 0 aliphatic carbocycles. The van der Waals surface area contributed by atoms with Crippen LogP contribution in [0.25, 0.3) is 22.4 Å². The van der Waals surface area contributed by atoms with E-state index in [1.54, 1.807) is 42.6 Å². The fourth-order valence-corrected chi connectivity index (χ4v) is 3.85. The van der Waals surface area contributed by atoms with Crippen LogP contribution in [0.2, 0.25) is 0 Å². The molecule has 0 radical (unpaired) electrons. The monoisotopic (exact) mass is 485 g/mol. The number of anilines is 3. The Labute approximate surface area is 206 Å². The molecule has 5 rings (SSSR count). The van der Waals surface area contributed by atoms with Gasteiger partial charge in [0.1, 0.15) is 0 Å². The minimum absolute atomic E-state index is 0.145. The lowest BCUT2D eigenvalue weighted by molar-refractivity contribution is 0.0600. The highest BCUT2D eigenvalue weighted by atomic mass is 16.5. The van der Waals surface area contributed by atoms with Gasteiger partial charge >= 0.3 is 5.97 Å². The van der Waals surface area contributed by atoms with E-state index in [-0.39, 0.29) is 11.9 Å². The van der Waals surface area contributed by atoms with Crippen LogP contribution in [0.3, 0.4) is 0 Å². The van der Waals surface area contributed by atoms with Crippen molar-refractivity contribution in [3.05, 3.63) is 65.9 Å². The van der Waals surface area contributed by atoms with Crippen molar-refractivity contribution in [2.45, 2.75) is 0 Å². The van der Waals surface area contributed by atoms with Crippen molar-refractivity contribution in [2.24, 2.45) is 0 Å². The van der Waals surface area contributed by atoms with Crippen LogP contribution in [0.1, 0.15) is 20.7 Å². The summed E-state index contributed by atoms with van der Waals surface area (Å²) in [7, 11) is 1.31. The Bertz CT molecular complexity index is 1420. The third-order valence-corrected chi connectivity index (χ3v) is 5.72. The largest absolute Gasteiger partial charge is 0.465 e. The van der Waals surface area contributed by atoms with Gasteiger partial charge in [-0.3, -0.25) is 4.79 Å². The van der Waals surface area contributed by atoms with Crippen molar-refractivity contribution < 1.29 is 19.1 Å². The van der Waals surface area contributed by atoms with Crippen molar-refractivity contribution in [3.63, 3.8) is 0 Å². The van der Waals surface area contributed by atoms with Gasteiger partial charge in [0.25, 0.3) is 5.91 Å². The average molecular weight is 486 g/mol. The van der Waals surface area contributed by atoms with Crippen molar-refractivity contribution in [3.8, 4) is 11.3 Å². The first-order valence-corrected chi connectivity index (χ1v) is 11.2. The Hall–Kier alpha value is -4.64. The minimum Gasteiger partial charge on any atom is -0.465 e. The standard InChI is InChI=1S/C25H23N7O4/c1-35-24(34)17-4-2-16(3-5-17)23(33)28-18-8-6-15(7-9-18)19-14-27-21-20(29-19)22(31-25(26)30-21)32-10-12-36-13-11-32/h2-9,14H,10-13H2,1H3,(H,28,33)(H2,26,27,30,31). The molecule has 3 N–H and O–H groups in total. The molecule has 0 unspecified atom stereocenters. The van der Waals surface area contributed by atoms with E-state index in [0.717, 1.165) is 5.56 Å². The molecule has 1 fully saturated rings. The molecule has 182 valence electrons. The topological polar surface area (TPSA) is 145 Å². The zero-order valence-electron chi connectivity index (χ0n) is 19.5. The highest BCUT2D eigenvalue weighted by Gasteiger charge is 2.19. The van der Waals surface area contributed by atoms with Gasteiger partial charge in [0, 0.05) is 29.9 Å². The number of carbonyl (C=O) groups is 2. The number of methoxy groups -OCH3 is 1. The number of aromatic nitrogens is 4. The molecule has 0 spiro atoms. The fraction of sp³-hybridized carbons (Fsp3) is 0.200. The molecule has 1 amide bonds. The normalized spacial score (nSPS) is 13.4. The summed E-state index contributed by atoms with van der Waals surface area (Å²) in [6, 6.07) is 13.5. The summed E-state index contributed by atoms with van der Waals surface area (Å²) in [5.74, 6) is 0.0271. The molecule has 3 heterocycles. The molecule has 0 bridgehead atoms. The summed E-state index contributed by atoms with van der Waals surface area (Å²) >= 11 is 0. The molecule has 2 aromatic heterocycles. The summed E-state index contributed by atoms with van der Waals surface area (Å²) in [5.41, 5.74) is 9.75. The number of amides is 1. The number of nitrogen functional groups attached to an aromatic ring is 1. The summed E-state index contributed by atoms with van der Waals surface area (Å²) in [4.78, 5) is 44.1. The number of hydrogen-bond donors (Lipinski definition) is 2. The maximum absolute atomic E-state index is 12.6. The molecular weight excluding hydrogens is 462 g/mol. The summed E-state index contributed by atoms with van der Waals surface area (Å²) in [5, 5.41) is 2.84. The fourth-order valence-electron chi connectivity index (χ4n) is 3.85. The van der Waals surface area contributed by atoms with Gasteiger partial charge in [-0.15, -0.1) is 0 Å². The minimum atomic E-state index is -0.457. The first-order chi connectivity index (χ1) is 17.5. The Kier molecular flexibility index (Phi) is 6.37. The lowest BCUT2D eigenvalue weighted by Crippen LogP contribution is -2.37. The van der Waals surface area contributed by atoms with Crippen LogP contribution in [0, 0.1) is 0 Å². The second kappa shape index (κ2) is 9.92. The third kappa shape index (κ3) is 4.77. The number of nitrogens with one attached hydrogen (secondary N) is 1. The Morgan fingerprint density at radius 3 is 2.36 bits per heavy atom. The molecule has 36 heavy (non-hydrogen) atoms. The molecule has 11 heteroatoms. The van der Waals surface area contributed by atoms with E-state index >= 15 is 0 Å². The van der Waals surface area contributed by atoms with Crippen LogP contribution in [0.4, 0.5) is 17.5 Å². The molecule has 11 nitrogen and oxygen atoms in total. The van der Waals surface area contributed by atoms with Crippen LogP contribution in [-0.2, 0) is 9.47 Å². The van der Waals surface area contributed by atoms with Crippen LogP contribution in [0.15, 0.2) is 54.7 Å². The summed E-state index contributed by atoms with van der Waals surface area (Å²) in [6.45, 7) is 2.55. The third-order valence-electron chi connectivity index (χ3n) is 5.72. The van der Waals surface area contributed by atoms with Gasteiger partial charge in [-0.1, -0.05) is 12.1 Å². The van der Waals surface area contributed by atoms with Crippen molar-refractivity contribution in [1.29, 1.82) is 0 Å². The van der Waals surface area contributed by atoms with Gasteiger partial charge in [-0.05, 0) is 36.4 Å². The molecule has 1 aliphatic heterocycles.